The summed E-state index contributed by atoms with van der Waals surface area (Å²) >= 11 is 3.25. The Balaban J connectivity index is 2.65. The van der Waals surface area contributed by atoms with Crippen LogP contribution in [0, 0.1) is 15.5 Å². The van der Waals surface area contributed by atoms with E-state index in [1.165, 1.54) is 6.07 Å². The Bertz CT molecular complexity index is 435. The topological polar surface area (TPSA) is 75.4 Å². The van der Waals surface area contributed by atoms with Gasteiger partial charge in [-0.05, 0) is 11.6 Å². The summed E-state index contributed by atoms with van der Waals surface area (Å²) in [6.07, 6.45) is 0. The highest BCUT2D eigenvalue weighted by molar-refractivity contribution is 9.10. The molecule has 0 fully saturated rings. The van der Waals surface area contributed by atoms with Crippen LogP contribution in [0.3, 0.4) is 0 Å². The fourth-order valence-corrected chi connectivity index (χ4v) is 1.97. The molecule has 18 heavy (non-hydrogen) atoms. The summed E-state index contributed by atoms with van der Waals surface area (Å²) < 4.78 is 0.690. The first-order chi connectivity index (χ1) is 8.34. The van der Waals surface area contributed by atoms with E-state index in [9.17, 15) is 10.1 Å². The predicted molar refractivity (Wildman–Crippen MR) is 73.4 cm³/mol. The Morgan fingerprint density at radius 1 is 1.44 bits per heavy atom. The van der Waals surface area contributed by atoms with Gasteiger partial charge in [0.15, 0.2) is 0 Å². The van der Waals surface area contributed by atoms with Crippen LogP contribution in [0.15, 0.2) is 22.7 Å². The van der Waals surface area contributed by atoms with Crippen molar-refractivity contribution >= 4 is 21.6 Å². The summed E-state index contributed by atoms with van der Waals surface area (Å²) in [7, 11) is 0. The molecule has 0 saturated carbocycles. The normalized spacial score (nSPS) is 11.6. The molecule has 5 nitrogen and oxygen atoms in total. The van der Waals surface area contributed by atoms with Gasteiger partial charge in [0.25, 0.3) is 5.69 Å². The summed E-state index contributed by atoms with van der Waals surface area (Å²) in [5, 5.41) is 23.0. The van der Waals surface area contributed by atoms with E-state index in [4.69, 9.17) is 5.11 Å². The van der Waals surface area contributed by atoms with Crippen LogP contribution in [0.4, 0.5) is 5.69 Å². The fourth-order valence-electron chi connectivity index (χ4n) is 1.44. The molecule has 0 aliphatic carbocycles. The lowest BCUT2D eigenvalue weighted by atomic mass is 9.95. The van der Waals surface area contributed by atoms with Crippen molar-refractivity contribution < 1.29 is 10.0 Å². The van der Waals surface area contributed by atoms with E-state index in [-0.39, 0.29) is 17.7 Å². The largest absolute Gasteiger partial charge is 0.396 e. The monoisotopic (exact) mass is 316 g/mol. The lowest BCUT2D eigenvalue weighted by Gasteiger charge is -2.21. The molecule has 0 saturated heterocycles. The molecule has 1 aromatic rings. The zero-order chi connectivity index (χ0) is 13.8. The number of halogens is 1. The van der Waals surface area contributed by atoms with Gasteiger partial charge in [-0.15, -0.1) is 0 Å². The lowest BCUT2D eigenvalue weighted by Crippen LogP contribution is -2.31. The Morgan fingerprint density at radius 2 is 2.11 bits per heavy atom. The van der Waals surface area contributed by atoms with Gasteiger partial charge in [0.05, 0.1) is 4.92 Å². The molecule has 1 aromatic carbocycles. The third-order valence-electron chi connectivity index (χ3n) is 2.51. The average Bonchev–Trinajstić information content (AvgIpc) is 2.28. The van der Waals surface area contributed by atoms with Crippen LogP contribution in [0.1, 0.15) is 19.4 Å². The summed E-state index contributed by atoms with van der Waals surface area (Å²) in [6.45, 7) is 5.17. The van der Waals surface area contributed by atoms with E-state index in [0.29, 0.717) is 17.6 Å². The second-order valence-electron chi connectivity index (χ2n) is 5.00. The third-order valence-corrected chi connectivity index (χ3v) is 2.97. The number of rotatable bonds is 6. The molecular weight excluding hydrogens is 300 g/mol. The number of hydrogen-bond donors (Lipinski definition) is 2. The predicted octanol–water partition coefficient (Wildman–Crippen LogP) is 2.47. The fraction of sp³-hybridized carbons (Fsp3) is 0.500. The maximum Gasteiger partial charge on any atom is 0.270 e. The first kappa shape index (κ1) is 15.1. The van der Waals surface area contributed by atoms with Gasteiger partial charge in [0, 0.05) is 41.7 Å². The molecule has 0 aliphatic rings. The van der Waals surface area contributed by atoms with Crippen molar-refractivity contribution in [2.75, 3.05) is 13.2 Å². The molecule has 6 heteroatoms. The van der Waals surface area contributed by atoms with E-state index < -0.39 is 4.92 Å². The molecule has 1 rings (SSSR count). The maximum atomic E-state index is 10.7. The lowest BCUT2D eigenvalue weighted by molar-refractivity contribution is -0.385. The maximum absolute atomic E-state index is 10.7. The van der Waals surface area contributed by atoms with Gasteiger partial charge in [-0.3, -0.25) is 10.1 Å². The minimum Gasteiger partial charge on any atom is -0.396 e. The molecular formula is C12H17BrN2O3. The molecule has 0 aliphatic heterocycles. The molecule has 100 valence electrons. The highest BCUT2D eigenvalue weighted by Crippen LogP contribution is 2.21. The van der Waals surface area contributed by atoms with E-state index in [0.717, 1.165) is 5.56 Å². The van der Waals surface area contributed by atoms with Crippen molar-refractivity contribution in [1.82, 2.24) is 5.32 Å². The highest BCUT2D eigenvalue weighted by atomic mass is 79.9. The Kier molecular flexibility index (Phi) is 5.25. The summed E-state index contributed by atoms with van der Waals surface area (Å²) in [5.41, 5.74) is 0.713. The van der Waals surface area contributed by atoms with E-state index in [2.05, 4.69) is 21.2 Å². The van der Waals surface area contributed by atoms with Gasteiger partial charge in [-0.2, -0.15) is 0 Å². The number of benzene rings is 1. The van der Waals surface area contributed by atoms with Crippen LogP contribution >= 0.6 is 15.9 Å². The summed E-state index contributed by atoms with van der Waals surface area (Å²) in [6, 6.07) is 4.86. The highest BCUT2D eigenvalue weighted by Gasteiger charge is 2.16. The number of nitro benzene ring substituents is 1. The van der Waals surface area contributed by atoms with Gasteiger partial charge in [-0.25, -0.2) is 0 Å². The Hall–Kier alpha value is -0.980. The van der Waals surface area contributed by atoms with Crippen LogP contribution in [-0.2, 0) is 6.54 Å². The molecule has 0 radical (unpaired) electrons. The quantitative estimate of drug-likeness (QED) is 0.624. The van der Waals surface area contributed by atoms with Crippen molar-refractivity contribution in [3.63, 3.8) is 0 Å². The van der Waals surface area contributed by atoms with Crippen molar-refractivity contribution in [2.24, 2.45) is 5.41 Å². The molecule has 0 unspecified atom stereocenters. The van der Waals surface area contributed by atoms with Gasteiger partial charge >= 0.3 is 0 Å². The van der Waals surface area contributed by atoms with Crippen LogP contribution < -0.4 is 5.32 Å². The van der Waals surface area contributed by atoms with Crippen LogP contribution in [0.2, 0.25) is 0 Å². The summed E-state index contributed by atoms with van der Waals surface area (Å²) in [4.78, 5) is 10.3. The Morgan fingerprint density at radius 3 is 2.67 bits per heavy atom. The number of nitro groups is 1. The van der Waals surface area contributed by atoms with Gasteiger partial charge in [0.1, 0.15) is 0 Å². The molecule has 0 heterocycles. The molecule has 0 atom stereocenters. The third kappa shape index (κ3) is 4.72. The first-order valence-corrected chi connectivity index (χ1v) is 6.39. The zero-order valence-electron chi connectivity index (χ0n) is 10.4. The van der Waals surface area contributed by atoms with Gasteiger partial charge in [-0.1, -0.05) is 29.8 Å². The number of nitrogens with zero attached hydrogens (tertiary/aromatic N) is 1. The minimum atomic E-state index is -0.411. The van der Waals surface area contributed by atoms with E-state index in [1.807, 2.05) is 19.9 Å². The smallest absolute Gasteiger partial charge is 0.270 e. The zero-order valence-corrected chi connectivity index (χ0v) is 12.0. The summed E-state index contributed by atoms with van der Waals surface area (Å²) in [5.74, 6) is 0. The van der Waals surface area contributed by atoms with Gasteiger partial charge < -0.3 is 10.4 Å². The second-order valence-corrected chi connectivity index (χ2v) is 5.92. The number of non-ortho nitro benzene ring substituents is 1. The Labute approximate surface area is 114 Å². The van der Waals surface area contributed by atoms with Crippen molar-refractivity contribution in [2.45, 2.75) is 20.4 Å². The molecule has 0 bridgehead atoms. The van der Waals surface area contributed by atoms with E-state index >= 15 is 0 Å². The van der Waals surface area contributed by atoms with E-state index in [1.54, 1.807) is 6.07 Å². The SMILES string of the molecule is CC(C)(CO)CNCc1cc(Br)cc([N+](=O)[O-])c1. The molecule has 0 spiro atoms. The molecule has 0 aromatic heterocycles. The molecule has 0 amide bonds. The van der Waals surface area contributed by atoms with Crippen LogP contribution in [0.25, 0.3) is 0 Å². The van der Waals surface area contributed by atoms with Crippen molar-refractivity contribution in [3.8, 4) is 0 Å². The standard InChI is InChI=1S/C12H17BrN2O3/c1-12(2,8-16)7-14-6-9-3-10(13)5-11(4-9)15(17)18/h3-5,14,16H,6-8H2,1-2H3. The van der Waals surface area contributed by atoms with Crippen molar-refractivity contribution in [1.29, 1.82) is 0 Å². The second kappa shape index (κ2) is 6.26. The number of hydrogen-bond acceptors (Lipinski definition) is 4. The number of aliphatic hydroxyl groups excluding tert-OH is 1. The number of aliphatic hydroxyl groups is 1. The average molecular weight is 317 g/mol. The van der Waals surface area contributed by atoms with Crippen molar-refractivity contribution in [3.05, 3.63) is 38.3 Å². The molecule has 2 N–H and O–H groups in total. The van der Waals surface area contributed by atoms with Gasteiger partial charge in [0.2, 0.25) is 0 Å². The van der Waals surface area contributed by atoms with Crippen LogP contribution in [-0.4, -0.2) is 23.2 Å². The minimum absolute atomic E-state index is 0.0718. The first-order valence-electron chi connectivity index (χ1n) is 5.59. The number of nitrogens with one attached hydrogen (secondary N) is 1. The van der Waals surface area contributed by atoms with Crippen LogP contribution in [0.5, 0.6) is 0 Å².